The van der Waals surface area contributed by atoms with Gasteiger partial charge in [-0.1, -0.05) is 44.2 Å². The number of hydrogen-bond donors (Lipinski definition) is 1. The Morgan fingerprint density at radius 1 is 1.07 bits per heavy atom. The minimum Gasteiger partial charge on any atom is -0.497 e. The third kappa shape index (κ3) is 2.86. The van der Waals surface area contributed by atoms with E-state index in [0.717, 1.165) is 30.7 Å². The van der Waals surface area contributed by atoms with Gasteiger partial charge in [-0.2, -0.15) is 0 Å². The zero-order chi connectivity index (χ0) is 19.3. The van der Waals surface area contributed by atoms with Crippen LogP contribution in [0.3, 0.4) is 0 Å². The van der Waals surface area contributed by atoms with Gasteiger partial charge in [0.15, 0.2) is 0 Å². The fraction of sp³-hybridized carbons (Fsp3) is 0.320. The Morgan fingerprint density at radius 2 is 1.86 bits per heavy atom. The third-order valence-corrected chi connectivity index (χ3v) is 6.14. The molecule has 0 atom stereocenters. The molecule has 0 bridgehead atoms. The van der Waals surface area contributed by atoms with Crippen LogP contribution in [-0.4, -0.2) is 17.1 Å². The van der Waals surface area contributed by atoms with E-state index < -0.39 is 0 Å². The van der Waals surface area contributed by atoms with Crippen LogP contribution in [0.15, 0.2) is 48.5 Å². The lowest BCUT2D eigenvalue weighted by atomic mass is 9.75. The van der Waals surface area contributed by atoms with Crippen LogP contribution in [0.2, 0.25) is 0 Å². The van der Waals surface area contributed by atoms with E-state index >= 15 is 0 Å². The van der Waals surface area contributed by atoms with Gasteiger partial charge in [0, 0.05) is 28.4 Å². The number of nitrogens with zero attached hydrogens (tertiary/aromatic N) is 1. The van der Waals surface area contributed by atoms with Gasteiger partial charge in [0.25, 0.3) is 0 Å². The number of benzene rings is 2. The number of aromatic amines is 1. The minimum atomic E-state index is 0.317. The van der Waals surface area contributed by atoms with Crippen molar-refractivity contribution < 1.29 is 4.74 Å². The van der Waals surface area contributed by atoms with Gasteiger partial charge in [-0.05, 0) is 54.0 Å². The molecule has 0 radical (unpaired) electrons. The average molecular weight is 370 g/mol. The smallest absolute Gasteiger partial charge is 0.118 e. The van der Waals surface area contributed by atoms with E-state index in [-0.39, 0.29) is 0 Å². The molecule has 0 aliphatic heterocycles. The van der Waals surface area contributed by atoms with Crippen molar-refractivity contribution >= 4 is 21.8 Å². The van der Waals surface area contributed by atoms with Crippen molar-refractivity contribution in [1.82, 2.24) is 9.97 Å². The lowest BCUT2D eigenvalue weighted by Gasteiger charge is -2.31. The normalized spacial score (nSPS) is 15.7. The van der Waals surface area contributed by atoms with Crippen LogP contribution < -0.4 is 4.74 Å². The van der Waals surface area contributed by atoms with Gasteiger partial charge in [0.2, 0.25) is 0 Å². The molecule has 3 nitrogen and oxygen atoms in total. The van der Waals surface area contributed by atoms with E-state index in [2.05, 4.69) is 55.2 Å². The van der Waals surface area contributed by atoms with Crippen LogP contribution >= 0.6 is 0 Å². The second-order valence-corrected chi connectivity index (χ2v) is 8.77. The van der Waals surface area contributed by atoms with Crippen molar-refractivity contribution in [3.8, 4) is 5.75 Å². The number of fused-ring (bicyclic) bond motifs is 5. The molecule has 0 amide bonds. The largest absolute Gasteiger partial charge is 0.497 e. The first kappa shape index (κ1) is 17.3. The summed E-state index contributed by atoms with van der Waals surface area (Å²) < 4.78 is 5.31. The van der Waals surface area contributed by atoms with Crippen LogP contribution in [0.1, 0.15) is 42.8 Å². The first-order valence-corrected chi connectivity index (χ1v) is 10.1. The number of para-hydroxylation sites is 1. The molecule has 28 heavy (non-hydrogen) atoms. The molecule has 3 heteroatoms. The number of rotatable bonds is 3. The zero-order valence-corrected chi connectivity index (χ0v) is 16.8. The van der Waals surface area contributed by atoms with Crippen molar-refractivity contribution in [2.24, 2.45) is 5.41 Å². The molecule has 1 aliphatic carbocycles. The minimum absolute atomic E-state index is 0.317. The fourth-order valence-corrected chi connectivity index (χ4v) is 4.59. The Kier molecular flexibility index (Phi) is 3.94. The number of aromatic nitrogens is 2. The molecular weight excluding hydrogens is 344 g/mol. The molecular formula is C25H26N2O. The van der Waals surface area contributed by atoms with Crippen LogP contribution in [0.4, 0.5) is 0 Å². The molecule has 0 saturated carbocycles. The highest BCUT2D eigenvalue weighted by Crippen LogP contribution is 2.40. The fourth-order valence-electron chi connectivity index (χ4n) is 4.59. The summed E-state index contributed by atoms with van der Waals surface area (Å²) in [5.41, 5.74) is 7.86. The van der Waals surface area contributed by atoms with Crippen LogP contribution in [0.5, 0.6) is 5.75 Å². The van der Waals surface area contributed by atoms with E-state index in [4.69, 9.17) is 9.72 Å². The molecule has 2 aromatic carbocycles. The maximum Gasteiger partial charge on any atom is 0.118 e. The highest BCUT2D eigenvalue weighted by Gasteiger charge is 2.29. The van der Waals surface area contributed by atoms with Gasteiger partial charge < -0.3 is 9.72 Å². The summed E-state index contributed by atoms with van der Waals surface area (Å²) in [6.45, 7) is 4.72. The van der Waals surface area contributed by atoms with E-state index in [0.29, 0.717) is 5.41 Å². The molecule has 0 saturated heterocycles. The second kappa shape index (κ2) is 6.37. The maximum atomic E-state index is 5.31. The molecule has 5 rings (SSSR count). The van der Waals surface area contributed by atoms with Crippen LogP contribution in [-0.2, 0) is 19.3 Å². The van der Waals surface area contributed by atoms with Crippen LogP contribution in [0, 0.1) is 5.41 Å². The lowest BCUT2D eigenvalue weighted by molar-refractivity contribution is 0.311. The van der Waals surface area contributed by atoms with Gasteiger partial charge in [-0.15, -0.1) is 0 Å². The van der Waals surface area contributed by atoms with Gasteiger partial charge in [-0.3, -0.25) is 4.98 Å². The van der Waals surface area contributed by atoms with E-state index in [1.54, 1.807) is 7.11 Å². The molecule has 1 N–H and O–H groups in total. The zero-order valence-electron chi connectivity index (χ0n) is 16.8. The van der Waals surface area contributed by atoms with Crippen molar-refractivity contribution in [1.29, 1.82) is 0 Å². The Bertz CT molecular complexity index is 1170. The van der Waals surface area contributed by atoms with Crippen molar-refractivity contribution in [2.75, 3.05) is 7.11 Å². The molecule has 1 aliphatic rings. The standard InChI is InChI=1S/C25H26N2O/c1-25(2)13-12-19-22(15-25)26-21(14-16-8-10-17(28-3)11-9-16)24-23(19)18-6-4-5-7-20(18)27-24/h4-11,27H,12-15H2,1-3H3. The third-order valence-electron chi connectivity index (χ3n) is 6.14. The first-order chi connectivity index (χ1) is 13.5. The SMILES string of the molecule is COc1ccc(Cc2nc3c(c4c2[nH]c2ccccc24)CCC(C)(C)C3)cc1. The molecule has 2 aromatic heterocycles. The Hall–Kier alpha value is -2.81. The second-order valence-electron chi connectivity index (χ2n) is 8.77. The van der Waals surface area contributed by atoms with Gasteiger partial charge in [-0.25, -0.2) is 0 Å². The highest BCUT2D eigenvalue weighted by molar-refractivity contribution is 6.10. The predicted molar refractivity (Wildman–Crippen MR) is 115 cm³/mol. The Balaban J connectivity index is 1.71. The predicted octanol–water partition coefficient (Wildman–Crippen LogP) is 5.83. The molecule has 0 unspecified atom stereocenters. The summed E-state index contributed by atoms with van der Waals surface area (Å²) in [4.78, 5) is 8.88. The first-order valence-electron chi connectivity index (χ1n) is 10.1. The summed E-state index contributed by atoms with van der Waals surface area (Å²) in [5.74, 6) is 0.889. The number of ether oxygens (including phenoxy) is 1. The van der Waals surface area contributed by atoms with E-state index in [1.165, 1.54) is 45.0 Å². The Labute approximate surface area is 165 Å². The van der Waals surface area contributed by atoms with Crippen LogP contribution in [0.25, 0.3) is 21.8 Å². The lowest BCUT2D eigenvalue weighted by Crippen LogP contribution is -2.24. The molecule has 0 spiro atoms. The number of hydrogen-bond acceptors (Lipinski definition) is 2. The van der Waals surface area contributed by atoms with Gasteiger partial charge >= 0.3 is 0 Å². The van der Waals surface area contributed by atoms with Crippen molar-refractivity contribution in [3.63, 3.8) is 0 Å². The van der Waals surface area contributed by atoms with E-state index in [9.17, 15) is 0 Å². The quantitative estimate of drug-likeness (QED) is 0.493. The summed E-state index contributed by atoms with van der Waals surface area (Å²) in [6.07, 6.45) is 4.19. The summed E-state index contributed by atoms with van der Waals surface area (Å²) in [6, 6.07) is 17.0. The topological polar surface area (TPSA) is 37.9 Å². The monoisotopic (exact) mass is 370 g/mol. The molecule has 0 fully saturated rings. The number of pyridine rings is 1. The molecule has 142 valence electrons. The molecule has 4 aromatic rings. The summed E-state index contributed by atoms with van der Waals surface area (Å²) in [7, 11) is 1.70. The number of aryl methyl sites for hydroxylation is 1. The van der Waals surface area contributed by atoms with Crippen molar-refractivity contribution in [2.45, 2.75) is 39.5 Å². The van der Waals surface area contributed by atoms with Gasteiger partial charge in [0.1, 0.15) is 5.75 Å². The van der Waals surface area contributed by atoms with E-state index in [1.807, 2.05) is 12.1 Å². The number of H-pyrrole nitrogens is 1. The highest BCUT2D eigenvalue weighted by atomic mass is 16.5. The Morgan fingerprint density at radius 3 is 2.64 bits per heavy atom. The van der Waals surface area contributed by atoms with Gasteiger partial charge in [0.05, 0.1) is 18.3 Å². The summed E-state index contributed by atoms with van der Waals surface area (Å²) >= 11 is 0. The number of nitrogens with one attached hydrogen (secondary N) is 1. The number of methoxy groups -OCH3 is 1. The van der Waals surface area contributed by atoms with Crippen molar-refractivity contribution in [3.05, 3.63) is 71.0 Å². The molecule has 2 heterocycles. The summed E-state index contributed by atoms with van der Waals surface area (Å²) in [5, 5.41) is 2.71. The average Bonchev–Trinajstić information content (AvgIpc) is 3.08. The maximum absolute atomic E-state index is 5.31.